The number of furan rings is 1. The summed E-state index contributed by atoms with van der Waals surface area (Å²) in [6.07, 6.45) is 4.70. The molecule has 1 heterocycles. The van der Waals surface area contributed by atoms with Gasteiger partial charge in [-0.2, -0.15) is 0 Å². The maximum atomic E-state index is 13.6. The van der Waals surface area contributed by atoms with Gasteiger partial charge in [0.2, 0.25) is 0 Å². The van der Waals surface area contributed by atoms with Gasteiger partial charge in [0.25, 0.3) is 0 Å². The van der Waals surface area contributed by atoms with Crippen LogP contribution in [-0.4, -0.2) is 0 Å². The molecule has 1 rings (SSSR count). The highest BCUT2D eigenvalue weighted by atomic mass is 19.1. The highest BCUT2D eigenvalue weighted by Gasteiger charge is 2.28. The Morgan fingerprint density at radius 3 is 2.50 bits per heavy atom. The first-order valence-corrected chi connectivity index (χ1v) is 5.23. The number of halogens is 1. The molecule has 80 valence electrons. The topological polar surface area (TPSA) is 13.1 Å². The Bertz CT molecular complexity index is 299. The lowest BCUT2D eigenvalue weighted by molar-refractivity contribution is 0.335. The van der Waals surface area contributed by atoms with Gasteiger partial charge in [0.15, 0.2) is 5.82 Å². The van der Waals surface area contributed by atoms with E-state index in [1.165, 1.54) is 6.26 Å². The third-order valence-corrected chi connectivity index (χ3v) is 2.67. The van der Waals surface area contributed by atoms with Crippen LogP contribution in [0, 0.1) is 12.7 Å². The fourth-order valence-corrected chi connectivity index (χ4v) is 1.62. The zero-order valence-electron chi connectivity index (χ0n) is 9.48. The molecular formula is C12H19FO. The van der Waals surface area contributed by atoms with Crippen molar-refractivity contribution in [2.45, 2.75) is 52.4 Å². The first-order valence-electron chi connectivity index (χ1n) is 5.23. The van der Waals surface area contributed by atoms with Gasteiger partial charge in [-0.15, -0.1) is 0 Å². The maximum absolute atomic E-state index is 13.6. The van der Waals surface area contributed by atoms with Gasteiger partial charge in [0.05, 0.1) is 6.26 Å². The molecule has 2 heteroatoms. The van der Waals surface area contributed by atoms with Crippen LogP contribution in [0.15, 0.2) is 10.7 Å². The second kappa shape index (κ2) is 4.16. The molecule has 0 bridgehead atoms. The molecule has 0 amide bonds. The lowest BCUT2D eigenvalue weighted by Crippen LogP contribution is -2.17. The quantitative estimate of drug-likeness (QED) is 0.706. The molecule has 0 N–H and O–H groups in total. The van der Waals surface area contributed by atoms with Gasteiger partial charge in [0, 0.05) is 11.0 Å². The molecule has 1 aromatic rings. The lowest BCUT2D eigenvalue weighted by atomic mass is 9.84. The van der Waals surface area contributed by atoms with Gasteiger partial charge in [0.1, 0.15) is 5.76 Å². The Kier molecular flexibility index (Phi) is 3.35. The summed E-state index contributed by atoms with van der Waals surface area (Å²) in [5.74, 6) is 0.328. The van der Waals surface area contributed by atoms with E-state index in [9.17, 15) is 4.39 Å². The van der Waals surface area contributed by atoms with Crippen molar-refractivity contribution in [1.82, 2.24) is 0 Å². The van der Waals surface area contributed by atoms with Crippen LogP contribution in [0.5, 0.6) is 0 Å². The van der Waals surface area contributed by atoms with E-state index in [0.717, 1.165) is 19.3 Å². The van der Waals surface area contributed by atoms with Gasteiger partial charge >= 0.3 is 0 Å². The molecule has 0 radical (unpaired) electrons. The van der Waals surface area contributed by atoms with E-state index in [4.69, 9.17) is 4.42 Å². The largest absolute Gasteiger partial charge is 0.465 e. The van der Waals surface area contributed by atoms with Gasteiger partial charge < -0.3 is 4.42 Å². The van der Waals surface area contributed by atoms with Crippen molar-refractivity contribution < 1.29 is 8.81 Å². The van der Waals surface area contributed by atoms with Crippen LogP contribution in [0.2, 0.25) is 0 Å². The molecule has 0 aliphatic carbocycles. The second-order valence-electron chi connectivity index (χ2n) is 4.55. The molecule has 0 saturated carbocycles. The van der Waals surface area contributed by atoms with Crippen molar-refractivity contribution >= 4 is 0 Å². The Labute approximate surface area is 85.3 Å². The van der Waals surface area contributed by atoms with E-state index in [1.807, 2.05) is 13.8 Å². The standard InChI is InChI=1S/C12H19FO/c1-5-6-7-12(3,4)11-10(13)9(2)8-14-11/h8H,5-7H2,1-4H3. The third-order valence-electron chi connectivity index (χ3n) is 2.67. The Balaban J connectivity index is 2.86. The van der Waals surface area contributed by atoms with Crippen molar-refractivity contribution in [3.05, 3.63) is 23.4 Å². The first kappa shape index (κ1) is 11.3. The Morgan fingerprint density at radius 2 is 2.07 bits per heavy atom. The zero-order valence-corrected chi connectivity index (χ0v) is 9.48. The van der Waals surface area contributed by atoms with Gasteiger partial charge in [-0.05, 0) is 13.3 Å². The van der Waals surface area contributed by atoms with Crippen LogP contribution >= 0.6 is 0 Å². The molecule has 14 heavy (non-hydrogen) atoms. The molecular weight excluding hydrogens is 179 g/mol. The molecule has 0 spiro atoms. The monoisotopic (exact) mass is 198 g/mol. The lowest BCUT2D eigenvalue weighted by Gasteiger charge is -2.21. The Morgan fingerprint density at radius 1 is 1.43 bits per heavy atom. The van der Waals surface area contributed by atoms with Crippen molar-refractivity contribution in [2.24, 2.45) is 0 Å². The van der Waals surface area contributed by atoms with Crippen LogP contribution in [0.3, 0.4) is 0 Å². The number of aryl methyl sites for hydroxylation is 1. The van der Waals surface area contributed by atoms with Crippen molar-refractivity contribution in [2.75, 3.05) is 0 Å². The van der Waals surface area contributed by atoms with Crippen LogP contribution < -0.4 is 0 Å². The van der Waals surface area contributed by atoms with Crippen molar-refractivity contribution in [1.29, 1.82) is 0 Å². The molecule has 0 aliphatic heterocycles. The summed E-state index contributed by atoms with van der Waals surface area (Å²) in [5.41, 5.74) is 0.415. The fourth-order valence-electron chi connectivity index (χ4n) is 1.62. The predicted molar refractivity (Wildman–Crippen MR) is 56.0 cm³/mol. The molecule has 0 saturated heterocycles. The smallest absolute Gasteiger partial charge is 0.167 e. The molecule has 0 aliphatic rings. The zero-order chi connectivity index (χ0) is 10.8. The van der Waals surface area contributed by atoms with Crippen molar-refractivity contribution in [3.8, 4) is 0 Å². The number of unbranched alkanes of at least 4 members (excludes halogenated alkanes) is 1. The van der Waals surface area contributed by atoms with E-state index in [0.29, 0.717) is 11.3 Å². The maximum Gasteiger partial charge on any atom is 0.167 e. The van der Waals surface area contributed by atoms with Gasteiger partial charge in [-0.25, -0.2) is 4.39 Å². The van der Waals surface area contributed by atoms with E-state index in [2.05, 4.69) is 6.92 Å². The minimum absolute atomic E-state index is 0.175. The van der Waals surface area contributed by atoms with Crippen LogP contribution in [0.1, 0.15) is 51.4 Å². The molecule has 0 aromatic carbocycles. The molecule has 0 unspecified atom stereocenters. The van der Waals surface area contributed by atoms with Crippen LogP contribution in [0.25, 0.3) is 0 Å². The molecule has 0 fully saturated rings. The highest BCUT2D eigenvalue weighted by molar-refractivity contribution is 5.20. The van der Waals surface area contributed by atoms with Gasteiger partial charge in [-0.1, -0.05) is 33.6 Å². The summed E-state index contributed by atoms with van der Waals surface area (Å²) in [6.45, 7) is 7.94. The Hall–Kier alpha value is -0.790. The van der Waals surface area contributed by atoms with Crippen LogP contribution in [0.4, 0.5) is 4.39 Å². The number of rotatable bonds is 4. The number of hydrogen-bond acceptors (Lipinski definition) is 1. The summed E-state index contributed by atoms with van der Waals surface area (Å²) < 4.78 is 18.9. The average molecular weight is 198 g/mol. The van der Waals surface area contributed by atoms with Crippen LogP contribution in [-0.2, 0) is 5.41 Å². The summed E-state index contributed by atoms with van der Waals surface area (Å²) in [5, 5.41) is 0. The summed E-state index contributed by atoms with van der Waals surface area (Å²) in [7, 11) is 0. The molecule has 1 aromatic heterocycles. The predicted octanol–water partition coefficient (Wildman–Crippen LogP) is 4.19. The SMILES string of the molecule is CCCCC(C)(C)c1occ(C)c1F. The molecule has 1 nitrogen and oxygen atoms in total. The minimum atomic E-state index is -0.186. The minimum Gasteiger partial charge on any atom is -0.465 e. The molecule has 0 atom stereocenters. The summed E-state index contributed by atoms with van der Waals surface area (Å²) >= 11 is 0. The van der Waals surface area contributed by atoms with E-state index in [-0.39, 0.29) is 11.2 Å². The number of hydrogen-bond donors (Lipinski definition) is 0. The van der Waals surface area contributed by atoms with Crippen molar-refractivity contribution in [3.63, 3.8) is 0 Å². The summed E-state index contributed by atoms with van der Waals surface area (Å²) in [4.78, 5) is 0. The fraction of sp³-hybridized carbons (Fsp3) is 0.667. The average Bonchev–Trinajstić information content (AvgIpc) is 2.45. The van der Waals surface area contributed by atoms with E-state index >= 15 is 0 Å². The first-order chi connectivity index (χ1) is 6.49. The summed E-state index contributed by atoms with van der Waals surface area (Å²) in [6, 6.07) is 0. The normalized spacial score (nSPS) is 12.1. The van der Waals surface area contributed by atoms with Gasteiger partial charge in [-0.3, -0.25) is 0 Å². The third kappa shape index (κ3) is 2.17. The van der Waals surface area contributed by atoms with E-state index in [1.54, 1.807) is 6.92 Å². The highest BCUT2D eigenvalue weighted by Crippen LogP contribution is 2.32. The second-order valence-corrected chi connectivity index (χ2v) is 4.55. The van der Waals surface area contributed by atoms with E-state index < -0.39 is 0 Å².